The number of hydrogen-bond acceptors (Lipinski definition) is 3. The summed E-state index contributed by atoms with van der Waals surface area (Å²) in [5, 5.41) is 6.87. The van der Waals surface area contributed by atoms with E-state index in [2.05, 4.69) is 30.0 Å². The Labute approximate surface area is 105 Å². The highest BCUT2D eigenvalue weighted by molar-refractivity contribution is 6.09. The summed E-state index contributed by atoms with van der Waals surface area (Å²) in [6.45, 7) is 5.09. The first-order valence-electron chi connectivity index (χ1n) is 6.29. The summed E-state index contributed by atoms with van der Waals surface area (Å²) in [6, 6.07) is 8.09. The maximum atomic E-state index is 6.03. The average Bonchev–Trinajstić information content (AvgIpc) is 2.78. The lowest BCUT2D eigenvalue weighted by Crippen LogP contribution is -2.01. The largest absolute Gasteiger partial charge is 0.382 e. The molecule has 92 valence electrons. The van der Waals surface area contributed by atoms with E-state index >= 15 is 0 Å². The number of aromatic nitrogens is 3. The van der Waals surface area contributed by atoms with Gasteiger partial charge in [-0.3, -0.25) is 4.68 Å². The fourth-order valence-corrected chi connectivity index (χ4v) is 2.55. The molecule has 0 saturated carbocycles. The summed E-state index contributed by atoms with van der Waals surface area (Å²) in [4.78, 5) is 4.43. The number of nitrogens with two attached hydrogens (primary N) is 1. The number of anilines is 1. The molecular weight excluding hydrogens is 224 g/mol. The molecule has 0 spiro atoms. The lowest BCUT2D eigenvalue weighted by atomic mass is 10.1. The average molecular weight is 240 g/mol. The minimum atomic E-state index is 0.519. The first-order chi connectivity index (χ1) is 8.76. The molecule has 3 aromatic rings. The second-order valence-corrected chi connectivity index (χ2v) is 4.35. The fourth-order valence-electron chi connectivity index (χ4n) is 2.55. The van der Waals surface area contributed by atoms with Gasteiger partial charge in [0.1, 0.15) is 5.52 Å². The van der Waals surface area contributed by atoms with Crippen molar-refractivity contribution < 1.29 is 0 Å². The molecule has 4 heteroatoms. The molecule has 0 unspecified atom stereocenters. The van der Waals surface area contributed by atoms with Gasteiger partial charge in [-0.25, -0.2) is 4.98 Å². The fraction of sp³-hybridized carbons (Fsp3) is 0.286. The minimum absolute atomic E-state index is 0.519. The van der Waals surface area contributed by atoms with E-state index in [1.807, 2.05) is 22.9 Å². The Hall–Kier alpha value is -2.10. The van der Waals surface area contributed by atoms with E-state index in [-0.39, 0.29) is 0 Å². The number of rotatable bonds is 2. The summed E-state index contributed by atoms with van der Waals surface area (Å²) in [5.74, 6) is 0.519. The van der Waals surface area contributed by atoms with Gasteiger partial charge in [-0.15, -0.1) is 0 Å². The molecule has 3 rings (SSSR count). The van der Waals surface area contributed by atoms with Crippen LogP contribution in [0.2, 0.25) is 0 Å². The summed E-state index contributed by atoms with van der Waals surface area (Å²) in [7, 11) is 0. The molecule has 0 atom stereocenters. The molecule has 0 aliphatic carbocycles. The molecule has 18 heavy (non-hydrogen) atoms. The highest BCUT2D eigenvalue weighted by Gasteiger charge is 2.15. The third-order valence-corrected chi connectivity index (χ3v) is 3.35. The van der Waals surface area contributed by atoms with E-state index < -0.39 is 0 Å². The van der Waals surface area contributed by atoms with Gasteiger partial charge >= 0.3 is 0 Å². The van der Waals surface area contributed by atoms with Gasteiger partial charge < -0.3 is 5.73 Å². The van der Waals surface area contributed by atoms with E-state index in [1.54, 1.807) is 0 Å². The summed E-state index contributed by atoms with van der Waals surface area (Å²) >= 11 is 0. The summed E-state index contributed by atoms with van der Waals surface area (Å²) in [5.41, 5.74) is 9.03. The Morgan fingerprint density at radius 2 is 2.00 bits per heavy atom. The van der Waals surface area contributed by atoms with Gasteiger partial charge in [0, 0.05) is 23.0 Å². The Balaban J connectivity index is 2.56. The molecule has 1 aromatic carbocycles. The number of nitrogen functional groups attached to an aromatic ring is 1. The smallest absolute Gasteiger partial charge is 0.152 e. The van der Waals surface area contributed by atoms with Crippen LogP contribution in [-0.4, -0.2) is 14.8 Å². The highest BCUT2D eigenvalue weighted by atomic mass is 15.3. The van der Waals surface area contributed by atoms with Gasteiger partial charge in [-0.2, -0.15) is 5.10 Å². The lowest BCUT2D eigenvalue weighted by molar-refractivity contribution is 0.634. The van der Waals surface area contributed by atoms with Crippen molar-refractivity contribution in [3.63, 3.8) is 0 Å². The molecule has 0 amide bonds. The first kappa shape index (κ1) is 11.0. The number of para-hydroxylation sites is 1. The van der Waals surface area contributed by atoms with Crippen molar-refractivity contribution in [2.45, 2.75) is 26.8 Å². The normalized spacial score (nSPS) is 11.4. The van der Waals surface area contributed by atoms with Crippen LogP contribution in [0.25, 0.3) is 21.8 Å². The first-order valence-corrected chi connectivity index (χ1v) is 6.29. The Morgan fingerprint density at radius 3 is 2.72 bits per heavy atom. The molecule has 2 heterocycles. The zero-order chi connectivity index (χ0) is 12.7. The Morgan fingerprint density at radius 1 is 1.22 bits per heavy atom. The van der Waals surface area contributed by atoms with Crippen molar-refractivity contribution in [2.75, 3.05) is 5.73 Å². The van der Waals surface area contributed by atoms with Gasteiger partial charge in [-0.1, -0.05) is 25.1 Å². The molecule has 2 aromatic heterocycles. The van der Waals surface area contributed by atoms with Crippen LogP contribution in [-0.2, 0) is 13.0 Å². The number of hydrogen-bond donors (Lipinski definition) is 1. The van der Waals surface area contributed by atoms with Crippen molar-refractivity contribution >= 4 is 27.6 Å². The molecule has 0 saturated heterocycles. The number of pyridine rings is 1. The molecule has 0 radical (unpaired) electrons. The topological polar surface area (TPSA) is 56.7 Å². The van der Waals surface area contributed by atoms with Crippen LogP contribution in [0.15, 0.2) is 24.3 Å². The predicted octanol–water partition coefficient (Wildman–Crippen LogP) is 2.75. The number of benzene rings is 1. The maximum Gasteiger partial charge on any atom is 0.152 e. The van der Waals surface area contributed by atoms with E-state index in [0.29, 0.717) is 5.82 Å². The zero-order valence-electron chi connectivity index (χ0n) is 10.6. The predicted molar refractivity (Wildman–Crippen MR) is 74.5 cm³/mol. The van der Waals surface area contributed by atoms with Crippen molar-refractivity contribution in [1.29, 1.82) is 0 Å². The van der Waals surface area contributed by atoms with Gasteiger partial charge in [0.2, 0.25) is 0 Å². The van der Waals surface area contributed by atoms with Crippen molar-refractivity contribution in [3.05, 3.63) is 30.0 Å². The van der Waals surface area contributed by atoms with Crippen LogP contribution in [0.5, 0.6) is 0 Å². The number of nitrogens with zero attached hydrogens (tertiary/aromatic N) is 3. The molecule has 4 nitrogen and oxygen atoms in total. The van der Waals surface area contributed by atoms with Crippen LogP contribution in [0, 0.1) is 0 Å². The molecular formula is C14H16N4. The highest BCUT2D eigenvalue weighted by Crippen LogP contribution is 2.30. The van der Waals surface area contributed by atoms with Crippen molar-refractivity contribution in [3.8, 4) is 0 Å². The second kappa shape index (κ2) is 3.98. The quantitative estimate of drug-likeness (QED) is 0.749. The van der Waals surface area contributed by atoms with E-state index in [1.165, 1.54) is 5.69 Å². The molecule has 2 N–H and O–H groups in total. The van der Waals surface area contributed by atoms with Crippen LogP contribution >= 0.6 is 0 Å². The molecule has 0 fully saturated rings. The van der Waals surface area contributed by atoms with Crippen molar-refractivity contribution in [1.82, 2.24) is 14.8 Å². The van der Waals surface area contributed by atoms with Crippen LogP contribution < -0.4 is 5.73 Å². The molecule has 0 aliphatic rings. The monoisotopic (exact) mass is 240 g/mol. The maximum absolute atomic E-state index is 6.03. The van der Waals surface area contributed by atoms with Gasteiger partial charge in [0.15, 0.2) is 5.82 Å². The Bertz CT molecular complexity index is 727. The third kappa shape index (κ3) is 1.38. The molecule has 0 aliphatic heterocycles. The second-order valence-electron chi connectivity index (χ2n) is 4.35. The van der Waals surface area contributed by atoms with Gasteiger partial charge in [0.05, 0.1) is 5.52 Å². The summed E-state index contributed by atoms with van der Waals surface area (Å²) < 4.78 is 2.02. The van der Waals surface area contributed by atoms with E-state index in [0.717, 1.165) is 34.8 Å². The van der Waals surface area contributed by atoms with Gasteiger partial charge in [-0.05, 0) is 19.4 Å². The lowest BCUT2D eigenvalue weighted by Gasteiger charge is -2.03. The van der Waals surface area contributed by atoms with E-state index in [9.17, 15) is 0 Å². The molecule has 0 bridgehead atoms. The van der Waals surface area contributed by atoms with Crippen LogP contribution in [0.3, 0.4) is 0 Å². The number of fused-ring (bicyclic) bond motifs is 3. The Kier molecular flexibility index (Phi) is 2.44. The minimum Gasteiger partial charge on any atom is -0.382 e. The zero-order valence-corrected chi connectivity index (χ0v) is 10.6. The number of aryl methyl sites for hydroxylation is 2. The third-order valence-electron chi connectivity index (χ3n) is 3.35. The van der Waals surface area contributed by atoms with Crippen LogP contribution in [0.1, 0.15) is 19.5 Å². The van der Waals surface area contributed by atoms with Crippen molar-refractivity contribution in [2.24, 2.45) is 0 Å². The van der Waals surface area contributed by atoms with Crippen LogP contribution in [0.4, 0.5) is 5.82 Å². The SMILES string of the molecule is CCc1c2c(nn1CC)c(N)nc1ccccc12. The van der Waals surface area contributed by atoms with Gasteiger partial charge in [0.25, 0.3) is 0 Å². The van der Waals surface area contributed by atoms with E-state index in [4.69, 9.17) is 5.73 Å². The standard InChI is InChI=1S/C14H16N4/c1-3-11-12-9-7-5-6-8-10(9)16-14(15)13(12)17-18(11)4-2/h5-8H,3-4H2,1-2H3,(H2,15,16). The summed E-state index contributed by atoms with van der Waals surface area (Å²) in [6.07, 6.45) is 0.942.